The van der Waals surface area contributed by atoms with Crippen molar-refractivity contribution >= 4 is 46.3 Å². The van der Waals surface area contributed by atoms with E-state index in [0.717, 1.165) is 10.6 Å². The second-order valence-electron chi connectivity index (χ2n) is 7.99. The lowest BCUT2D eigenvalue weighted by Gasteiger charge is -2.36. The molecule has 3 aliphatic heterocycles. The third-order valence-electron chi connectivity index (χ3n) is 5.93. The van der Waals surface area contributed by atoms with E-state index in [9.17, 15) is 24.5 Å². The number of hydrogen-bond donors (Lipinski definition) is 0. The number of imide groups is 1. The van der Waals surface area contributed by atoms with Crippen LogP contribution in [0.15, 0.2) is 47.4 Å². The number of amides is 3. The third kappa shape index (κ3) is 4.52. The van der Waals surface area contributed by atoms with E-state index < -0.39 is 16.1 Å². The fourth-order valence-corrected chi connectivity index (χ4v) is 4.92. The highest BCUT2D eigenvalue weighted by atomic mass is 32.2. The van der Waals surface area contributed by atoms with Gasteiger partial charge in [0.2, 0.25) is 12.7 Å². The van der Waals surface area contributed by atoms with Crippen molar-refractivity contribution < 1.29 is 28.8 Å². The first-order valence-electron chi connectivity index (χ1n) is 10.8. The molecule has 0 radical (unpaired) electrons. The molecule has 2 aromatic carbocycles. The molecule has 11 nitrogen and oxygen atoms in total. The molecule has 12 heteroatoms. The molecule has 0 saturated carbocycles. The largest absolute Gasteiger partial charge is 0.454 e. The van der Waals surface area contributed by atoms with Gasteiger partial charge in [0, 0.05) is 31.9 Å². The van der Waals surface area contributed by atoms with Gasteiger partial charge in [-0.2, -0.15) is 0 Å². The van der Waals surface area contributed by atoms with Crippen LogP contribution >= 0.6 is 11.8 Å². The lowest BCUT2D eigenvalue weighted by molar-refractivity contribution is -0.385. The van der Waals surface area contributed by atoms with Crippen LogP contribution in [0.25, 0.3) is 6.08 Å². The predicted octanol–water partition coefficient (Wildman–Crippen LogP) is 2.71. The van der Waals surface area contributed by atoms with Crippen molar-refractivity contribution in [1.82, 2.24) is 9.80 Å². The number of ether oxygens (including phenoxy) is 2. The number of benzene rings is 2. The van der Waals surface area contributed by atoms with E-state index in [1.54, 1.807) is 4.90 Å². The second kappa shape index (κ2) is 9.29. The number of carbonyl (C=O) groups excluding carboxylic acids is 3. The van der Waals surface area contributed by atoms with Crippen LogP contribution in [0.4, 0.5) is 16.2 Å². The molecule has 0 bridgehead atoms. The number of carbonyl (C=O) groups is 3. The van der Waals surface area contributed by atoms with E-state index in [2.05, 4.69) is 4.90 Å². The lowest BCUT2D eigenvalue weighted by Crippen LogP contribution is -2.51. The Hall–Kier alpha value is -4.06. The average Bonchev–Trinajstić information content (AvgIpc) is 3.43. The fraction of sp³-hybridized carbons (Fsp3) is 0.261. The quantitative estimate of drug-likeness (QED) is 0.349. The van der Waals surface area contributed by atoms with E-state index >= 15 is 0 Å². The summed E-state index contributed by atoms with van der Waals surface area (Å²) in [5, 5.41) is 10.9. The Balaban J connectivity index is 1.26. The van der Waals surface area contributed by atoms with Crippen LogP contribution in [0.3, 0.4) is 0 Å². The highest BCUT2D eigenvalue weighted by molar-refractivity contribution is 8.18. The van der Waals surface area contributed by atoms with Crippen molar-refractivity contribution in [3.05, 3.63) is 63.0 Å². The number of thioether (sulfide) groups is 1. The number of fused-ring (bicyclic) bond motifs is 1. The second-order valence-corrected chi connectivity index (χ2v) is 8.99. The van der Waals surface area contributed by atoms with Gasteiger partial charge < -0.3 is 19.3 Å². The zero-order valence-corrected chi connectivity index (χ0v) is 19.2. The molecular formula is C23H20N4O7S. The van der Waals surface area contributed by atoms with Crippen molar-refractivity contribution in [2.75, 3.05) is 44.4 Å². The number of nitro groups is 1. The van der Waals surface area contributed by atoms with Gasteiger partial charge in [-0.1, -0.05) is 18.2 Å². The van der Waals surface area contributed by atoms with Gasteiger partial charge in [-0.05, 0) is 36.0 Å². The van der Waals surface area contributed by atoms with Crippen LogP contribution in [0, 0.1) is 10.1 Å². The zero-order chi connectivity index (χ0) is 24.5. The zero-order valence-electron chi connectivity index (χ0n) is 18.4. The Morgan fingerprint density at radius 1 is 1.06 bits per heavy atom. The summed E-state index contributed by atoms with van der Waals surface area (Å²) in [6, 6.07) is 12.5. The van der Waals surface area contributed by atoms with E-state index in [0.29, 0.717) is 43.7 Å². The van der Waals surface area contributed by atoms with Gasteiger partial charge in [-0.3, -0.25) is 29.4 Å². The molecule has 0 aliphatic carbocycles. The number of hydrogen-bond acceptors (Lipinski definition) is 9. The van der Waals surface area contributed by atoms with Gasteiger partial charge >= 0.3 is 0 Å². The molecule has 2 fully saturated rings. The molecule has 0 unspecified atom stereocenters. The minimum Gasteiger partial charge on any atom is -0.454 e. The third-order valence-corrected chi connectivity index (χ3v) is 6.83. The molecule has 0 atom stereocenters. The molecule has 2 aromatic rings. The van der Waals surface area contributed by atoms with Gasteiger partial charge in [0.25, 0.3) is 16.8 Å². The number of piperazine rings is 1. The maximum absolute atomic E-state index is 12.9. The first-order valence-corrected chi connectivity index (χ1v) is 11.6. The molecule has 2 saturated heterocycles. The Bertz CT molecular complexity index is 1240. The van der Waals surface area contributed by atoms with Crippen LogP contribution in [0.1, 0.15) is 5.56 Å². The minimum atomic E-state index is -0.664. The molecule has 180 valence electrons. The lowest BCUT2D eigenvalue weighted by atomic mass is 10.1. The summed E-state index contributed by atoms with van der Waals surface area (Å²) in [5.74, 6) is -0.440. The summed E-state index contributed by atoms with van der Waals surface area (Å²) in [7, 11) is 0. The normalized spacial score (nSPS) is 18.5. The van der Waals surface area contributed by atoms with Crippen LogP contribution in [-0.4, -0.2) is 71.3 Å². The van der Waals surface area contributed by atoms with E-state index in [1.165, 1.54) is 18.2 Å². The Morgan fingerprint density at radius 2 is 1.74 bits per heavy atom. The molecule has 0 N–H and O–H groups in total. The molecule has 3 heterocycles. The minimum absolute atomic E-state index is 0.00124. The maximum atomic E-state index is 12.9. The summed E-state index contributed by atoms with van der Waals surface area (Å²) >= 11 is 0.642. The van der Waals surface area contributed by atoms with Gasteiger partial charge in [0.15, 0.2) is 11.5 Å². The van der Waals surface area contributed by atoms with E-state index in [-0.39, 0.29) is 41.2 Å². The van der Waals surface area contributed by atoms with Crippen molar-refractivity contribution in [2.24, 2.45) is 0 Å². The first-order chi connectivity index (χ1) is 16.9. The SMILES string of the molecule is O=C(CN1C(=O)S/C(=C\c2cc3c(cc2[N+](=O)[O-])OCO3)C1=O)N1CCN(c2ccccc2)CC1. The number of nitro benzene ring substituents is 1. The van der Waals surface area contributed by atoms with Crippen molar-refractivity contribution in [2.45, 2.75) is 0 Å². The monoisotopic (exact) mass is 496 g/mol. The summed E-state index contributed by atoms with van der Waals surface area (Å²) in [6.07, 6.45) is 1.27. The van der Waals surface area contributed by atoms with Crippen LogP contribution in [0.5, 0.6) is 11.5 Å². The summed E-state index contributed by atoms with van der Waals surface area (Å²) in [6.45, 7) is 1.80. The first kappa shape index (κ1) is 22.7. The van der Waals surface area contributed by atoms with Crippen molar-refractivity contribution in [3.63, 3.8) is 0 Å². The number of para-hydroxylation sites is 1. The van der Waals surface area contributed by atoms with Crippen LogP contribution < -0.4 is 14.4 Å². The number of anilines is 1. The summed E-state index contributed by atoms with van der Waals surface area (Å²) < 4.78 is 10.4. The molecule has 5 rings (SSSR count). The summed E-state index contributed by atoms with van der Waals surface area (Å²) in [4.78, 5) is 53.8. The van der Waals surface area contributed by atoms with Gasteiger partial charge in [-0.15, -0.1) is 0 Å². The number of rotatable bonds is 5. The molecule has 3 amide bonds. The highest BCUT2D eigenvalue weighted by Crippen LogP contribution is 2.40. The topological polar surface area (TPSA) is 123 Å². The van der Waals surface area contributed by atoms with E-state index in [4.69, 9.17) is 9.47 Å². The van der Waals surface area contributed by atoms with Crippen molar-refractivity contribution in [3.8, 4) is 11.5 Å². The smallest absolute Gasteiger partial charge is 0.294 e. The standard InChI is InChI=1S/C23H20N4O7S/c28-21(25-8-6-24(7-9-25)16-4-2-1-3-5-16)13-26-22(29)20(35-23(26)30)11-15-10-18-19(34-14-33-18)12-17(15)27(31)32/h1-5,10-12H,6-9,13-14H2/b20-11-. The van der Waals surface area contributed by atoms with Gasteiger partial charge in [0.05, 0.1) is 21.5 Å². The predicted molar refractivity (Wildman–Crippen MR) is 127 cm³/mol. The van der Waals surface area contributed by atoms with Crippen LogP contribution in [-0.2, 0) is 9.59 Å². The van der Waals surface area contributed by atoms with Gasteiger partial charge in [-0.25, -0.2) is 0 Å². The molecule has 0 spiro atoms. The number of nitrogens with zero attached hydrogens (tertiary/aromatic N) is 4. The van der Waals surface area contributed by atoms with Crippen LogP contribution in [0.2, 0.25) is 0 Å². The average molecular weight is 497 g/mol. The Kier molecular flexibility index (Phi) is 6.03. The molecular weight excluding hydrogens is 476 g/mol. The highest BCUT2D eigenvalue weighted by Gasteiger charge is 2.38. The Morgan fingerprint density at radius 3 is 2.43 bits per heavy atom. The summed E-state index contributed by atoms with van der Waals surface area (Å²) in [5.41, 5.74) is 0.898. The molecule has 0 aromatic heterocycles. The molecule has 35 heavy (non-hydrogen) atoms. The van der Waals surface area contributed by atoms with Gasteiger partial charge in [0.1, 0.15) is 6.54 Å². The maximum Gasteiger partial charge on any atom is 0.294 e. The fourth-order valence-electron chi connectivity index (χ4n) is 4.09. The Labute approximate surface area is 204 Å². The van der Waals surface area contributed by atoms with Crippen molar-refractivity contribution in [1.29, 1.82) is 0 Å². The van der Waals surface area contributed by atoms with E-state index in [1.807, 2.05) is 30.3 Å². The molecule has 3 aliphatic rings.